The molecular weight excluding hydrogens is 272 g/mol. The first kappa shape index (κ1) is 14.5. The zero-order chi connectivity index (χ0) is 14.4. The van der Waals surface area contributed by atoms with Gasteiger partial charge in [-0.25, -0.2) is 0 Å². The molecule has 5 heteroatoms. The van der Waals surface area contributed by atoms with Gasteiger partial charge in [0.15, 0.2) is 0 Å². The number of carbonyl (C=O) groups excluding carboxylic acids is 1. The van der Waals surface area contributed by atoms with Crippen LogP contribution in [0.5, 0.6) is 0 Å². The van der Waals surface area contributed by atoms with Crippen LogP contribution < -0.4 is 10.9 Å². The number of hydrogen-bond donors (Lipinski definition) is 1. The third-order valence-electron chi connectivity index (χ3n) is 3.11. The Labute approximate surface area is 122 Å². The van der Waals surface area contributed by atoms with Crippen molar-refractivity contribution < 1.29 is 4.79 Å². The molecule has 0 atom stereocenters. The van der Waals surface area contributed by atoms with Gasteiger partial charge in [-0.15, -0.1) is 11.3 Å². The number of hydrogen-bond acceptors (Lipinski definition) is 3. The van der Waals surface area contributed by atoms with E-state index in [0.717, 1.165) is 23.4 Å². The molecule has 0 unspecified atom stereocenters. The van der Waals surface area contributed by atoms with Crippen LogP contribution in [-0.2, 0) is 6.54 Å². The van der Waals surface area contributed by atoms with Crippen molar-refractivity contribution in [3.8, 4) is 0 Å². The summed E-state index contributed by atoms with van der Waals surface area (Å²) in [6.45, 7) is 3.26. The highest BCUT2D eigenvalue weighted by Gasteiger charge is 2.05. The van der Waals surface area contributed by atoms with Crippen molar-refractivity contribution in [1.82, 2.24) is 9.88 Å². The number of thiophene rings is 1. The average Bonchev–Trinajstić information content (AvgIpc) is 2.95. The molecule has 106 valence electrons. The molecule has 0 aliphatic heterocycles. The van der Waals surface area contributed by atoms with Gasteiger partial charge in [-0.1, -0.05) is 12.1 Å². The van der Waals surface area contributed by atoms with E-state index in [9.17, 15) is 9.59 Å². The first-order chi connectivity index (χ1) is 9.68. The molecule has 2 aromatic rings. The van der Waals surface area contributed by atoms with Gasteiger partial charge in [0.05, 0.1) is 4.88 Å². The fourth-order valence-corrected chi connectivity index (χ4v) is 2.64. The first-order valence-corrected chi connectivity index (χ1v) is 7.54. The fourth-order valence-electron chi connectivity index (χ4n) is 2.00. The van der Waals surface area contributed by atoms with Gasteiger partial charge in [-0.05, 0) is 37.3 Å². The normalized spacial score (nSPS) is 10.4. The van der Waals surface area contributed by atoms with E-state index < -0.39 is 0 Å². The fraction of sp³-hybridized carbons (Fsp3) is 0.333. The zero-order valence-electron chi connectivity index (χ0n) is 11.5. The quantitative estimate of drug-likeness (QED) is 0.831. The highest BCUT2D eigenvalue weighted by atomic mass is 32.1. The van der Waals surface area contributed by atoms with E-state index in [2.05, 4.69) is 5.32 Å². The molecule has 4 nitrogen and oxygen atoms in total. The number of carbonyl (C=O) groups is 1. The highest BCUT2D eigenvalue weighted by Crippen LogP contribution is 2.07. The van der Waals surface area contributed by atoms with Crippen LogP contribution >= 0.6 is 11.3 Å². The van der Waals surface area contributed by atoms with Crippen LogP contribution in [-0.4, -0.2) is 17.0 Å². The summed E-state index contributed by atoms with van der Waals surface area (Å²) in [7, 11) is 0. The van der Waals surface area contributed by atoms with Gasteiger partial charge >= 0.3 is 0 Å². The van der Waals surface area contributed by atoms with Gasteiger partial charge in [0.2, 0.25) is 0 Å². The Hall–Kier alpha value is -1.88. The van der Waals surface area contributed by atoms with Crippen LogP contribution in [0.4, 0.5) is 0 Å². The predicted octanol–water partition coefficient (Wildman–Crippen LogP) is 2.43. The van der Waals surface area contributed by atoms with Crippen LogP contribution in [0, 0.1) is 6.92 Å². The van der Waals surface area contributed by atoms with Crippen LogP contribution in [0.1, 0.15) is 28.2 Å². The molecule has 2 heterocycles. The molecule has 0 radical (unpaired) electrons. The maximum Gasteiger partial charge on any atom is 0.261 e. The Morgan fingerprint density at radius 2 is 2.10 bits per heavy atom. The second-order valence-corrected chi connectivity index (χ2v) is 5.55. The topological polar surface area (TPSA) is 51.1 Å². The lowest BCUT2D eigenvalue weighted by molar-refractivity contribution is 0.0957. The molecule has 1 N–H and O–H groups in total. The molecule has 0 spiro atoms. The van der Waals surface area contributed by atoms with E-state index >= 15 is 0 Å². The monoisotopic (exact) mass is 290 g/mol. The molecule has 0 saturated carbocycles. The summed E-state index contributed by atoms with van der Waals surface area (Å²) in [6, 6.07) is 8.96. The van der Waals surface area contributed by atoms with Crippen molar-refractivity contribution in [2.24, 2.45) is 0 Å². The maximum atomic E-state index is 11.7. The van der Waals surface area contributed by atoms with Crippen molar-refractivity contribution >= 4 is 17.2 Å². The van der Waals surface area contributed by atoms with E-state index in [1.807, 2.05) is 30.5 Å². The summed E-state index contributed by atoms with van der Waals surface area (Å²) in [5, 5.41) is 4.77. The summed E-state index contributed by atoms with van der Waals surface area (Å²) in [4.78, 5) is 24.1. The molecule has 0 aromatic carbocycles. The zero-order valence-corrected chi connectivity index (χ0v) is 12.3. The largest absolute Gasteiger partial charge is 0.351 e. The highest BCUT2D eigenvalue weighted by molar-refractivity contribution is 7.12. The molecule has 0 bridgehead atoms. The van der Waals surface area contributed by atoms with Gasteiger partial charge in [0, 0.05) is 24.8 Å². The molecule has 0 aliphatic rings. The lowest BCUT2D eigenvalue weighted by Crippen LogP contribution is -2.25. The van der Waals surface area contributed by atoms with Crippen molar-refractivity contribution in [3.63, 3.8) is 0 Å². The number of rotatable bonds is 6. The van der Waals surface area contributed by atoms with Gasteiger partial charge in [-0.2, -0.15) is 0 Å². The molecule has 2 aromatic heterocycles. The number of unbranched alkanes of at least 4 members (excludes halogenated alkanes) is 1. The number of aromatic nitrogens is 1. The Bertz CT molecular complexity index is 617. The van der Waals surface area contributed by atoms with E-state index in [1.165, 1.54) is 11.3 Å². The van der Waals surface area contributed by atoms with Crippen LogP contribution in [0.25, 0.3) is 0 Å². The standard InChI is InChI=1S/C15H18N2O2S/c1-12-6-4-8-14(18)17(12)10-3-2-9-16-15(19)13-7-5-11-20-13/h4-8,11H,2-3,9-10H2,1H3,(H,16,19). The predicted molar refractivity (Wildman–Crippen MR) is 81.3 cm³/mol. The van der Waals surface area contributed by atoms with Gasteiger partial charge in [0.1, 0.15) is 0 Å². The Kier molecular flexibility index (Phi) is 5.12. The van der Waals surface area contributed by atoms with Gasteiger partial charge < -0.3 is 9.88 Å². The summed E-state index contributed by atoms with van der Waals surface area (Å²) in [6.07, 6.45) is 1.73. The van der Waals surface area contributed by atoms with Crippen molar-refractivity contribution in [2.45, 2.75) is 26.3 Å². The summed E-state index contributed by atoms with van der Waals surface area (Å²) >= 11 is 1.44. The van der Waals surface area contributed by atoms with E-state index in [1.54, 1.807) is 16.7 Å². The number of nitrogens with one attached hydrogen (secondary N) is 1. The first-order valence-electron chi connectivity index (χ1n) is 6.66. The second kappa shape index (κ2) is 7.05. The number of aryl methyl sites for hydroxylation is 1. The molecule has 2 rings (SSSR count). The Balaban J connectivity index is 1.72. The molecule has 1 amide bonds. The SMILES string of the molecule is Cc1cccc(=O)n1CCCCNC(=O)c1cccs1. The van der Waals surface area contributed by atoms with E-state index in [4.69, 9.17) is 0 Å². The van der Waals surface area contributed by atoms with Gasteiger partial charge in [0.25, 0.3) is 11.5 Å². The van der Waals surface area contributed by atoms with E-state index in [0.29, 0.717) is 13.1 Å². The number of nitrogens with zero attached hydrogens (tertiary/aromatic N) is 1. The molecule has 0 aliphatic carbocycles. The minimum atomic E-state index is -0.0203. The van der Waals surface area contributed by atoms with Crippen molar-refractivity contribution in [2.75, 3.05) is 6.54 Å². The average molecular weight is 290 g/mol. The van der Waals surface area contributed by atoms with Crippen molar-refractivity contribution in [1.29, 1.82) is 0 Å². The second-order valence-electron chi connectivity index (χ2n) is 4.60. The minimum Gasteiger partial charge on any atom is -0.351 e. The lowest BCUT2D eigenvalue weighted by atomic mass is 10.2. The smallest absolute Gasteiger partial charge is 0.261 e. The molecule has 0 fully saturated rings. The van der Waals surface area contributed by atoms with Crippen LogP contribution in [0.2, 0.25) is 0 Å². The number of amides is 1. The Morgan fingerprint density at radius 1 is 1.25 bits per heavy atom. The maximum absolute atomic E-state index is 11.7. The summed E-state index contributed by atoms with van der Waals surface area (Å²) in [5.74, 6) is -0.0203. The third-order valence-corrected chi connectivity index (χ3v) is 3.98. The summed E-state index contributed by atoms with van der Waals surface area (Å²) in [5.41, 5.74) is 1.01. The molecular formula is C15H18N2O2S. The van der Waals surface area contributed by atoms with E-state index in [-0.39, 0.29) is 11.5 Å². The van der Waals surface area contributed by atoms with Gasteiger partial charge in [-0.3, -0.25) is 9.59 Å². The molecule has 0 saturated heterocycles. The molecule has 20 heavy (non-hydrogen) atoms. The minimum absolute atomic E-state index is 0.0203. The third kappa shape index (κ3) is 3.81. The Morgan fingerprint density at radius 3 is 2.80 bits per heavy atom. The summed E-state index contributed by atoms with van der Waals surface area (Å²) < 4.78 is 1.76. The van der Waals surface area contributed by atoms with Crippen molar-refractivity contribution in [3.05, 3.63) is 56.6 Å². The number of pyridine rings is 1. The lowest BCUT2D eigenvalue weighted by Gasteiger charge is -2.09. The van der Waals surface area contributed by atoms with Crippen LogP contribution in [0.3, 0.4) is 0 Å². The van der Waals surface area contributed by atoms with Crippen LogP contribution in [0.15, 0.2) is 40.5 Å².